The van der Waals surface area contributed by atoms with Crippen molar-refractivity contribution in [1.29, 1.82) is 0 Å². The largest absolute Gasteiger partial charge is 0.368 e. The molecule has 3 N–H and O–H groups in total. The molecule has 5 nitrogen and oxygen atoms in total. The smallest absolute Gasteiger partial charge is 0.239 e. The molecule has 1 atom stereocenters. The fourth-order valence-electron chi connectivity index (χ4n) is 2.62. The van der Waals surface area contributed by atoms with Crippen LogP contribution in [0, 0.1) is 0 Å². The van der Waals surface area contributed by atoms with Gasteiger partial charge in [0, 0.05) is 22.8 Å². The van der Waals surface area contributed by atoms with E-state index in [9.17, 15) is 9.59 Å². The highest BCUT2D eigenvalue weighted by Gasteiger charge is 2.23. The maximum atomic E-state index is 12.1. The quantitative estimate of drug-likeness (QED) is 0.877. The van der Waals surface area contributed by atoms with Crippen molar-refractivity contribution in [2.45, 2.75) is 29.2 Å². The SMILES string of the molecule is C[C@@H](NC(=O)CCN1c2ccccc2Sc2ccccc21)C(N)=O. The Morgan fingerprint density at radius 2 is 1.62 bits per heavy atom. The van der Waals surface area contributed by atoms with Crippen LogP contribution in [0.15, 0.2) is 58.3 Å². The number of carbonyl (C=O) groups is 2. The number of nitrogens with two attached hydrogens (primary N) is 1. The van der Waals surface area contributed by atoms with Gasteiger partial charge in [0.15, 0.2) is 0 Å². The molecule has 6 heteroatoms. The van der Waals surface area contributed by atoms with Gasteiger partial charge in [-0.15, -0.1) is 0 Å². The van der Waals surface area contributed by atoms with E-state index in [4.69, 9.17) is 5.73 Å². The second kappa shape index (κ2) is 6.97. The summed E-state index contributed by atoms with van der Waals surface area (Å²) < 4.78 is 0. The van der Waals surface area contributed by atoms with Crippen LogP contribution in [0.4, 0.5) is 11.4 Å². The van der Waals surface area contributed by atoms with Crippen molar-refractivity contribution in [1.82, 2.24) is 5.32 Å². The van der Waals surface area contributed by atoms with Crippen molar-refractivity contribution in [2.24, 2.45) is 5.73 Å². The van der Waals surface area contributed by atoms with Crippen LogP contribution in [0.25, 0.3) is 0 Å². The van der Waals surface area contributed by atoms with Crippen LogP contribution < -0.4 is 16.0 Å². The number of rotatable bonds is 5. The van der Waals surface area contributed by atoms with E-state index in [1.807, 2.05) is 24.3 Å². The van der Waals surface area contributed by atoms with Gasteiger partial charge in [-0.1, -0.05) is 36.0 Å². The Balaban J connectivity index is 1.78. The van der Waals surface area contributed by atoms with Crippen LogP contribution in [-0.4, -0.2) is 24.4 Å². The van der Waals surface area contributed by atoms with Gasteiger partial charge in [-0.05, 0) is 31.2 Å². The van der Waals surface area contributed by atoms with Crippen LogP contribution in [-0.2, 0) is 9.59 Å². The number of nitrogens with one attached hydrogen (secondary N) is 1. The summed E-state index contributed by atoms with van der Waals surface area (Å²) in [6.45, 7) is 2.12. The van der Waals surface area contributed by atoms with Gasteiger partial charge in [0.1, 0.15) is 6.04 Å². The number of amides is 2. The number of fused-ring (bicyclic) bond motifs is 2. The van der Waals surface area contributed by atoms with E-state index in [0.29, 0.717) is 6.54 Å². The summed E-state index contributed by atoms with van der Waals surface area (Å²) in [6.07, 6.45) is 0.283. The van der Waals surface area contributed by atoms with Gasteiger partial charge in [0.2, 0.25) is 11.8 Å². The van der Waals surface area contributed by atoms with E-state index in [0.717, 1.165) is 11.4 Å². The summed E-state index contributed by atoms with van der Waals surface area (Å²) in [4.78, 5) is 27.6. The molecule has 0 fully saturated rings. The zero-order valence-corrected chi connectivity index (χ0v) is 14.2. The molecule has 0 bridgehead atoms. The zero-order valence-electron chi connectivity index (χ0n) is 13.4. The molecule has 0 aromatic heterocycles. The first-order chi connectivity index (χ1) is 11.6. The summed E-state index contributed by atoms with van der Waals surface area (Å²) in [5.41, 5.74) is 7.37. The highest BCUT2D eigenvalue weighted by molar-refractivity contribution is 7.99. The molecule has 2 aromatic rings. The predicted molar refractivity (Wildman–Crippen MR) is 95.4 cm³/mol. The minimum atomic E-state index is -0.658. The van der Waals surface area contributed by atoms with Gasteiger partial charge in [-0.3, -0.25) is 9.59 Å². The predicted octanol–water partition coefficient (Wildman–Crippen LogP) is 2.67. The van der Waals surface area contributed by atoms with E-state index in [1.165, 1.54) is 9.79 Å². The van der Waals surface area contributed by atoms with E-state index in [2.05, 4.69) is 34.5 Å². The van der Waals surface area contributed by atoms with Crippen molar-refractivity contribution in [2.75, 3.05) is 11.4 Å². The molecule has 1 heterocycles. The normalized spacial score (nSPS) is 13.6. The molecular weight excluding hydrogens is 322 g/mol. The fourth-order valence-corrected chi connectivity index (χ4v) is 3.72. The zero-order chi connectivity index (χ0) is 17.1. The Morgan fingerprint density at radius 1 is 1.08 bits per heavy atom. The molecule has 0 spiro atoms. The van der Waals surface area contributed by atoms with Crippen molar-refractivity contribution < 1.29 is 9.59 Å². The summed E-state index contributed by atoms with van der Waals surface area (Å²) in [5, 5.41) is 2.62. The molecule has 0 saturated carbocycles. The molecule has 2 amide bonds. The maximum Gasteiger partial charge on any atom is 0.239 e. The number of anilines is 2. The van der Waals surface area contributed by atoms with Gasteiger partial charge in [0.05, 0.1) is 11.4 Å². The lowest BCUT2D eigenvalue weighted by atomic mass is 10.2. The Labute approximate surface area is 145 Å². The molecule has 0 saturated heterocycles. The Bertz CT molecular complexity index is 733. The molecular formula is C18H19N3O2S. The van der Waals surface area contributed by atoms with Gasteiger partial charge in [-0.25, -0.2) is 0 Å². The molecule has 124 valence electrons. The lowest BCUT2D eigenvalue weighted by molar-refractivity contribution is -0.126. The minimum absolute atomic E-state index is 0.186. The van der Waals surface area contributed by atoms with Crippen molar-refractivity contribution >= 4 is 35.0 Å². The maximum absolute atomic E-state index is 12.1. The first-order valence-corrected chi connectivity index (χ1v) is 8.60. The van der Waals surface area contributed by atoms with E-state index in [-0.39, 0.29) is 12.3 Å². The highest BCUT2D eigenvalue weighted by Crippen LogP contribution is 2.47. The highest BCUT2D eigenvalue weighted by atomic mass is 32.2. The Morgan fingerprint density at radius 3 is 2.17 bits per heavy atom. The molecule has 0 radical (unpaired) electrons. The number of benzene rings is 2. The molecule has 2 aromatic carbocycles. The number of nitrogens with zero attached hydrogens (tertiary/aromatic N) is 1. The third kappa shape index (κ3) is 3.38. The first kappa shape index (κ1) is 16.4. The average Bonchev–Trinajstić information content (AvgIpc) is 2.58. The van der Waals surface area contributed by atoms with Crippen molar-refractivity contribution in [3.63, 3.8) is 0 Å². The first-order valence-electron chi connectivity index (χ1n) is 7.78. The monoisotopic (exact) mass is 341 g/mol. The summed E-state index contributed by atoms with van der Waals surface area (Å²) in [6, 6.07) is 15.6. The lowest BCUT2D eigenvalue weighted by Gasteiger charge is -2.32. The second-order valence-electron chi connectivity index (χ2n) is 5.63. The second-order valence-corrected chi connectivity index (χ2v) is 6.71. The van der Waals surface area contributed by atoms with Crippen LogP contribution in [0.1, 0.15) is 13.3 Å². The number of hydrogen-bond donors (Lipinski definition) is 2. The number of hydrogen-bond acceptors (Lipinski definition) is 4. The molecule has 24 heavy (non-hydrogen) atoms. The van der Waals surface area contributed by atoms with Crippen LogP contribution >= 0.6 is 11.8 Å². The van der Waals surface area contributed by atoms with Gasteiger partial charge < -0.3 is 16.0 Å². The van der Waals surface area contributed by atoms with Crippen LogP contribution in [0.5, 0.6) is 0 Å². The molecule has 1 aliphatic rings. The molecule has 0 aliphatic carbocycles. The summed E-state index contributed by atoms with van der Waals surface area (Å²) in [7, 11) is 0. The number of carbonyl (C=O) groups excluding carboxylic acids is 2. The van der Waals surface area contributed by atoms with Crippen LogP contribution in [0.3, 0.4) is 0 Å². The number of primary amides is 1. The van der Waals surface area contributed by atoms with Crippen molar-refractivity contribution in [3.05, 3.63) is 48.5 Å². The third-order valence-corrected chi connectivity index (χ3v) is 5.03. The Kier molecular flexibility index (Phi) is 4.76. The van der Waals surface area contributed by atoms with E-state index >= 15 is 0 Å². The van der Waals surface area contributed by atoms with Gasteiger partial charge >= 0.3 is 0 Å². The van der Waals surface area contributed by atoms with Gasteiger partial charge in [-0.2, -0.15) is 0 Å². The third-order valence-electron chi connectivity index (χ3n) is 3.90. The lowest BCUT2D eigenvalue weighted by Crippen LogP contribution is -2.43. The average molecular weight is 341 g/mol. The molecule has 3 rings (SSSR count). The minimum Gasteiger partial charge on any atom is -0.368 e. The summed E-state index contributed by atoms with van der Waals surface area (Å²) >= 11 is 1.73. The fraction of sp³-hybridized carbons (Fsp3) is 0.222. The van der Waals surface area contributed by atoms with E-state index < -0.39 is 11.9 Å². The van der Waals surface area contributed by atoms with E-state index in [1.54, 1.807) is 18.7 Å². The Hall–Kier alpha value is -2.47. The van der Waals surface area contributed by atoms with Crippen molar-refractivity contribution in [3.8, 4) is 0 Å². The molecule has 0 unspecified atom stereocenters. The standard InChI is InChI=1S/C18H19N3O2S/c1-12(18(19)23)20-17(22)10-11-21-13-6-2-4-8-15(13)24-16-9-5-3-7-14(16)21/h2-9,12H,10-11H2,1H3,(H2,19,23)(H,20,22)/t12-/m1/s1. The summed E-state index contributed by atoms with van der Waals surface area (Å²) in [5.74, 6) is -0.720. The number of para-hydroxylation sites is 2. The molecule has 1 aliphatic heterocycles. The topological polar surface area (TPSA) is 75.4 Å². The van der Waals surface area contributed by atoms with Crippen LogP contribution in [0.2, 0.25) is 0 Å². The van der Waals surface area contributed by atoms with Gasteiger partial charge in [0.25, 0.3) is 0 Å².